The number of benzene rings is 1. The Morgan fingerprint density at radius 2 is 2.24 bits per heavy atom. The predicted octanol–water partition coefficient (Wildman–Crippen LogP) is 2.88. The highest BCUT2D eigenvalue weighted by molar-refractivity contribution is 9.10. The van der Waals surface area contributed by atoms with Crippen LogP contribution >= 0.6 is 15.9 Å². The van der Waals surface area contributed by atoms with Gasteiger partial charge < -0.3 is 5.11 Å². The maximum Gasteiger partial charge on any atom is 0.320 e. The summed E-state index contributed by atoms with van der Waals surface area (Å²) >= 11 is 3.11. The maximum absolute atomic E-state index is 13.0. The van der Waals surface area contributed by atoms with Crippen molar-refractivity contribution in [2.45, 2.75) is 25.9 Å². The number of aliphatic carboxylic acids is 1. The third kappa shape index (κ3) is 3.78. The van der Waals surface area contributed by atoms with Crippen molar-refractivity contribution in [2.75, 3.05) is 7.05 Å². The first-order valence-electron chi connectivity index (χ1n) is 5.32. The highest BCUT2D eigenvalue weighted by Crippen LogP contribution is 2.18. The Morgan fingerprint density at radius 1 is 1.59 bits per heavy atom. The molecule has 0 aliphatic rings. The molecule has 1 rings (SSSR count). The van der Waals surface area contributed by atoms with Crippen molar-refractivity contribution in [3.63, 3.8) is 0 Å². The van der Waals surface area contributed by atoms with Gasteiger partial charge in [-0.15, -0.1) is 0 Å². The molecule has 0 heterocycles. The zero-order valence-corrected chi connectivity index (χ0v) is 11.4. The third-order valence-electron chi connectivity index (χ3n) is 2.62. The minimum Gasteiger partial charge on any atom is -0.480 e. The van der Waals surface area contributed by atoms with Crippen LogP contribution in [0.15, 0.2) is 22.7 Å². The molecule has 0 saturated carbocycles. The van der Waals surface area contributed by atoms with Crippen molar-refractivity contribution in [2.24, 2.45) is 0 Å². The lowest BCUT2D eigenvalue weighted by Crippen LogP contribution is -2.37. The number of hydrogen-bond donors (Lipinski definition) is 1. The summed E-state index contributed by atoms with van der Waals surface area (Å²) in [4.78, 5) is 12.7. The minimum atomic E-state index is -0.837. The summed E-state index contributed by atoms with van der Waals surface area (Å²) in [6.07, 6.45) is 0.536. The molecule has 1 aromatic carbocycles. The number of likely N-dealkylation sites (N-methyl/N-ethyl adjacent to an activating group) is 1. The van der Waals surface area contributed by atoms with Gasteiger partial charge in [-0.25, -0.2) is 4.39 Å². The summed E-state index contributed by atoms with van der Waals surface area (Å²) in [6, 6.07) is 4.18. The van der Waals surface area contributed by atoms with E-state index < -0.39 is 12.0 Å². The van der Waals surface area contributed by atoms with Crippen LogP contribution in [0.1, 0.15) is 18.9 Å². The van der Waals surface area contributed by atoms with E-state index in [9.17, 15) is 9.18 Å². The molecule has 0 aliphatic carbocycles. The van der Waals surface area contributed by atoms with Gasteiger partial charge in [0, 0.05) is 6.54 Å². The number of carbonyl (C=O) groups is 1. The van der Waals surface area contributed by atoms with Crippen molar-refractivity contribution in [1.82, 2.24) is 4.90 Å². The molecule has 0 aromatic heterocycles. The fourth-order valence-corrected chi connectivity index (χ4v) is 2.14. The molecule has 0 radical (unpaired) electrons. The van der Waals surface area contributed by atoms with Gasteiger partial charge >= 0.3 is 5.97 Å². The average Bonchev–Trinajstić information content (AvgIpc) is 2.24. The zero-order chi connectivity index (χ0) is 13.0. The molecule has 0 saturated heterocycles. The van der Waals surface area contributed by atoms with Crippen LogP contribution < -0.4 is 0 Å². The van der Waals surface area contributed by atoms with E-state index in [1.165, 1.54) is 6.07 Å². The van der Waals surface area contributed by atoms with Crippen LogP contribution in [0.4, 0.5) is 4.39 Å². The van der Waals surface area contributed by atoms with E-state index in [0.717, 1.165) is 5.56 Å². The Balaban J connectivity index is 2.76. The van der Waals surface area contributed by atoms with Crippen LogP contribution in [0.2, 0.25) is 0 Å². The van der Waals surface area contributed by atoms with Crippen molar-refractivity contribution < 1.29 is 14.3 Å². The molecular weight excluding hydrogens is 289 g/mol. The molecule has 0 bridgehead atoms. The highest BCUT2D eigenvalue weighted by Gasteiger charge is 2.20. The van der Waals surface area contributed by atoms with E-state index >= 15 is 0 Å². The summed E-state index contributed by atoms with van der Waals surface area (Å²) < 4.78 is 13.4. The molecule has 0 amide bonds. The van der Waals surface area contributed by atoms with Gasteiger partial charge in [-0.3, -0.25) is 9.69 Å². The molecule has 0 fully saturated rings. The molecule has 1 aromatic rings. The largest absolute Gasteiger partial charge is 0.480 e. The van der Waals surface area contributed by atoms with E-state index in [1.54, 1.807) is 24.1 Å². The second-order valence-corrected chi connectivity index (χ2v) is 4.78. The van der Waals surface area contributed by atoms with Crippen LogP contribution in [-0.4, -0.2) is 29.1 Å². The van der Waals surface area contributed by atoms with Gasteiger partial charge in [0.15, 0.2) is 0 Å². The van der Waals surface area contributed by atoms with Gasteiger partial charge in [-0.1, -0.05) is 13.0 Å². The zero-order valence-electron chi connectivity index (χ0n) is 9.78. The van der Waals surface area contributed by atoms with Gasteiger partial charge in [0.2, 0.25) is 0 Å². The smallest absolute Gasteiger partial charge is 0.320 e. The monoisotopic (exact) mass is 303 g/mol. The first-order valence-corrected chi connectivity index (χ1v) is 6.12. The molecule has 3 nitrogen and oxygen atoms in total. The number of carboxylic acid groups (broad SMARTS) is 1. The SMILES string of the molecule is CCC(C(=O)O)N(C)Cc1ccc(F)c(Br)c1. The molecular formula is C12H15BrFNO2. The van der Waals surface area contributed by atoms with E-state index in [4.69, 9.17) is 5.11 Å². The highest BCUT2D eigenvalue weighted by atomic mass is 79.9. The minimum absolute atomic E-state index is 0.318. The number of rotatable bonds is 5. The van der Waals surface area contributed by atoms with Gasteiger partial charge in [-0.2, -0.15) is 0 Å². The number of carboxylic acids is 1. The molecule has 0 spiro atoms. The maximum atomic E-state index is 13.0. The van der Waals surface area contributed by atoms with Crippen LogP contribution in [0.3, 0.4) is 0 Å². The number of halogens is 2. The third-order valence-corrected chi connectivity index (χ3v) is 3.23. The Hall–Kier alpha value is -0.940. The Morgan fingerprint density at radius 3 is 2.71 bits per heavy atom. The van der Waals surface area contributed by atoms with Crippen LogP contribution in [0, 0.1) is 5.82 Å². The van der Waals surface area contributed by atoms with Crippen molar-refractivity contribution >= 4 is 21.9 Å². The van der Waals surface area contributed by atoms with Gasteiger partial charge in [0.05, 0.1) is 4.47 Å². The normalized spacial score (nSPS) is 12.8. The molecule has 1 unspecified atom stereocenters. The quantitative estimate of drug-likeness (QED) is 0.909. The molecule has 94 valence electrons. The van der Waals surface area contributed by atoms with Crippen LogP contribution in [-0.2, 0) is 11.3 Å². The lowest BCUT2D eigenvalue weighted by molar-refractivity contribution is -0.143. The number of hydrogen-bond acceptors (Lipinski definition) is 2. The molecule has 17 heavy (non-hydrogen) atoms. The van der Waals surface area contributed by atoms with Crippen molar-refractivity contribution in [1.29, 1.82) is 0 Å². The van der Waals surface area contributed by atoms with E-state index in [1.807, 2.05) is 6.92 Å². The van der Waals surface area contributed by atoms with Gasteiger partial charge in [-0.05, 0) is 47.1 Å². The lowest BCUT2D eigenvalue weighted by atomic mass is 10.1. The molecule has 0 aliphatic heterocycles. The van der Waals surface area contributed by atoms with Gasteiger partial charge in [0.1, 0.15) is 11.9 Å². The Bertz CT molecular complexity index is 411. The fraction of sp³-hybridized carbons (Fsp3) is 0.417. The molecule has 1 N–H and O–H groups in total. The first kappa shape index (κ1) is 14.1. The molecule has 1 atom stereocenters. The summed E-state index contributed by atoms with van der Waals surface area (Å²) in [5, 5.41) is 9.01. The van der Waals surface area contributed by atoms with Crippen molar-refractivity contribution in [3.8, 4) is 0 Å². The Labute approximate surface area is 108 Å². The average molecular weight is 304 g/mol. The topological polar surface area (TPSA) is 40.5 Å². The van der Waals surface area contributed by atoms with Crippen molar-refractivity contribution in [3.05, 3.63) is 34.1 Å². The fourth-order valence-electron chi connectivity index (χ4n) is 1.71. The second-order valence-electron chi connectivity index (χ2n) is 3.93. The summed E-state index contributed by atoms with van der Waals surface area (Å²) in [6.45, 7) is 2.31. The second kappa shape index (κ2) is 6.12. The van der Waals surface area contributed by atoms with Crippen LogP contribution in [0.5, 0.6) is 0 Å². The Kier molecular flexibility index (Phi) is 5.08. The van der Waals surface area contributed by atoms with Gasteiger partial charge in [0.25, 0.3) is 0 Å². The van der Waals surface area contributed by atoms with Crippen LogP contribution in [0.25, 0.3) is 0 Å². The summed E-state index contributed by atoms with van der Waals surface area (Å²) in [5.41, 5.74) is 0.875. The first-order chi connectivity index (χ1) is 7.95. The summed E-state index contributed by atoms with van der Waals surface area (Å²) in [7, 11) is 1.75. The standard InChI is InChI=1S/C12H15BrFNO2/c1-3-11(12(16)17)15(2)7-8-4-5-10(14)9(13)6-8/h4-6,11H,3,7H2,1-2H3,(H,16,17). The van der Waals surface area contributed by atoms with E-state index in [0.29, 0.717) is 17.4 Å². The summed E-state index contributed by atoms with van der Waals surface area (Å²) in [5.74, 6) is -1.15. The predicted molar refractivity (Wildman–Crippen MR) is 67.3 cm³/mol. The molecule has 5 heteroatoms. The van der Waals surface area contributed by atoms with E-state index in [-0.39, 0.29) is 5.82 Å². The lowest BCUT2D eigenvalue weighted by Gasteiger charge is -2.23. The van der Waals surface area contributed by atoms with E-state index in [2.05, 4.69) is 15.9 Å². The number of nitrogens with zero attached hydrogens (tertiary/aromatic N) is 1.